The number of nitrogens with zero attached hydrogens (tertiary/aromatic N) is 1. The van der Waals surface area contributed by atoms with Crippen molar-refractivity contribution in [3.63, 3.8) is 0 Å². The molecule has 1 aliphatic heterocycles. The summed E-state index contributed by atoms with van der Waals surface area (Å²) in [4.78, 5) is 12.9. The fraction of sp³-hybridized carbons (Fsp3) is 0.591. The molecular weight excluding hydrogens is 379 g/mol. The first-order valence-corrected chi connectivity index (χ1v) is 10.8. The van der Waals surface area contributed by atoms with Gasteiger partial charge in [-0.05, 0) is 24.5 Å². The fourth-order valence-electron chi connectivity index (χ4n) is 4.47. The van der Waals surface area contributed by atoms with Crippen LogP contribution in [0.3, 0.4) is 0 Å². The molecular formula is C22H28ClFN2O2. The molecule has 0 spiro atoms. The van der Waals surface area contributed by atoms with Gasteiger partial charge < -0.3 is 14.6 Å². The van der Waals surface area contributed by atoms with E-state index in [1.807, 2.05) is 12.1 Å². The predicted octanol–water partition coefficient (Wildman–Crippen LogP) is 5.12. The second-order valence-electron chi connectivity index (χ2n) is 8.35. The zero-order valence-corrected chi connectivity index (χ0v) is 16.9. The second-order valence-corrected chi connectivity index (χ2v) is 8.76. The number of rotatable bonds is 6. The lowest BCUT2D eigenvalue weighted by Gasteiger charge is -2.34. The van der Waals surface area contributed by atoms with E-state index in [4.69, 9.17) is 16.3 Å². The molecule has 1 saturated heterocycles. The SMILES string of the molecule is O=C(NCCC1CCCCCC1)c1cn(CC2(F)COC2)c2cccc(Cl)c12. The van der Waals surface area contributed by atoms with Gasteiger partial charge in [-0.15, -0.1) is 0 Å². The van der Waals surface area contributed by atoms with Gasteiger partial charge in [-0.1, -0.05) is 56.2 Å². The minimum atomic E-state index is -1.37. The predicted molar refractivity (Wildman–Crippen MR) is 110 cm³/mol. The molecule has 4 nitrogen and oxygen atoms in total. The van der Waals surface area contributed by atoms with Crippen LogP contribution in [0.25, 0.3) is 10.9 Å². The summed E-state index contributed by atoms with van der Waals surface area (Å²) >= 11 is 6.40. The average molecular weight is 407 g/mol. The molecule has 4 rings (SSSR count). The Balaban J connectivity index is 1.48. The third-order valence-electron chi connectivity index (χ3n) is 6.09. The average Bonchev–Trinajstić information content (AvgIpc) is 2.83. The Morgan fingerprint density at radius 1 is 1.25 bits per heavy atom. The maximum Gasteiger partial charge on any atom is 0.253 e. The summed E-state index contributed by atoms with van der Waals surface area (Å²) in [5, 5.41) is 4.27. The van der Waals surface area contributed by atoms with Crippen LogP contribution in [0.5, 0.6) is 0 Å². The molecule has 6 heteroatoms. The van der Waals surface area contributed by atoms with Crippen molar-refractivity contribution in [2.24, 2.45) is 5.92 Å². The molecule has 1 amide bonds. The third kappa shape index (κ3) is 4.20. The monoisotopic (exact) mass is 406 g/mol. The molecule has 152 valence electrons. The number of halogens is 2. The van der Waals surface area contributed by atoms with E-state index in [9.17, 15) is 9.18 Å². The molecule has 2 heterocycles. The molecule has 1 aliphatic carbocycles. The molecule has 2 aliphatic rings. The van der Waals surface area contributed by atoms with Crippen molar-refractivity contribution >= 4 is 28.4 Å². The van der Waals surface area contributed by atoms with Crippen molar-refractivity contribution in [1.82, 2.24) is 9.88 Å². The van der Waals surface area contributed by atoms with Gasteiger partial charge >= 0.3 is 0 Å². The Morgan fingerprint density at radius 2 is 2.00 bits per heavy atom. The third-order valence-corrected chi connectivity index (χ3v) is 6.40. The minimum absolute atomic E-state index is 0.0934. The van der Waals surface area contributed by atoms with Crippen LogP contribution in [0.2, 0.25) is 5.02 Å². The van der Waals surface area contributed by atoms with Crippen molar-refractivity contribution in [2.45, 2.75) is 57.2 Å². The van der Waals surface area contributed by atoms with Crippen LogP contribution >= 0.6 is 11.6 Å². The molecule has 1 N–H and O–H groups in total. The number of amides is 1. The first-order chi connectivity index (χ1) is 13.6. The Morgan fingerprint density at radius 3 is 2.68 bits per heavy atom. The number of alkyl halides is 1. The van der Waals surface area contributed by atoms with Gasteiger partial charge in [0.25, 0.3) is 5.91 Å². The van der Waals surface area contributed by atoms with Crippen molar-refractivity contribution in [3.05, 3.63) is 35.0 Å². The number of fused-ring (bicyclic) bond motifs is 1. The van der Waals surface area contributed by atoms with Crippen LogP contribution < -0.4 is 5.32 Å². The second kappa shape index (κ2) is 8.42. The summed E-state index contributed by atoms with van der Waals surface area (Å²) in [5.74, 6) is 0.570. The lowest BCUT2D eigenvalue weighted by atomic mass is 9.97. The summed E-state index contributed by atoms with van der Waals surface area (Å²) < 4.78 is 21.4. The summed E-state index contributed by atoms with van der Waals surface area (Å²) in [6.07, 6.45) is 10.6. The van der Waals surface area contributed by atoms with Crippen LogP contribution in [-0.4, -0.2) is 35.9 Å². The first-order valence-electron chi connectivity index (χ1n) is 10.4. The molecule has 0 bridgehead atoms. The molecule has 0 unspecified atom stereocenters. The summed E-state index contributed by atoms with van der Waals surface area (Å²) in [5.41, 5.74) is -0.0720. The lowest BCUT2D eigenvalue weighted by Crippen LogP contribution is -2.48. The van der Waals surface area contributed by atoms with Gasteiger partial charge in [-0.3, -0.25) is 4.79 Å². The maximum absolute atomic E-state index is 14.6. The number of ether oxygens (including phenoxy) is 1. The summed E-state index contributed by atoms with van der Waals surface area (Å²) in [6.45, 7) is 1.02. The maximum atomic E-state index is 14.6. The largest absolute Gasteiger partial charge is 0.374 e. The Hall–Kier alpha value is -1.59. The normalized spacial score (nSPS) is 19.9. The molecule has 1 aromatic carbocycles. The topological polar surface area (TPSA) is 43.3 Å². The highest BCUT2D eigenvalue weighted by molar-refractivity contribution is 6.36. The summed E-state index contributed by atoms with van der Waals surface area (Å²) in [6, 6.07) is 5.48. The van der Waals surface area contributed by atoms with Crippen LogP contribution in [0.1, 0.15) is 55.3 Å². The number of carbonyl (C=O) groups excluding carboxylic acids is 1. The van der Waals surface area contributed by atoms with Crippen molar-refractivity contribution in [2.75, 3.05) is 19.8 Å². The molecule has 2 aromatic rings. The number of benzene rings is 1. The lowest BCUT2D eigenvalue weighted by molar-refractivity contribution is -0.136. The molecule has 0 atom stereocenters. The van der Waals surface area contributed by atoms with Gasteiger partial charge in [0, 0.05) is 18.1 Å². The molecule has 28 heavy (non-hydrogen) atoms. The van der Waals surface area contributed by atoms with Crippen LogP contribution in [0.15, 0.2) is 24.4 Å². The minimum Gasteiger partial charge on any atom is -0.374 e. The van der Waals surface area contributed by atoms with E-state index < -0.39 is 5.67 Å². The van der Waals surface area contributed by atoms with Gasteiger partial charge in [0.2, 0.25) is 0 Å². The highest BCUT2D eigenvalue weighted by Gasteiger charge is 2.39. The molecule has 2 fully saturated rings. The number of hydrogen-bond donors (Lipinski definition) is 1. The standard InChI is InChI=1S/C22H28ClFN2O2/c23-18-8-5-9-19-20(18)17(12-26(19)13-22(24)14-28-15-22)21(27)25-11-10-16-6-3-1-2-4-7-16/h5,8-9,12,16H,1-4,6-7,10-11,13-15H2,(H,25,27). The number of hydrogen-bond acceptors (Lipinski definition) is 2. The van der Waals surface area contributed by atoms with E-state index in [1.54, 1.807) is 16.8 Å². The van der Waals surface area contributed by atoms with Gasteiger partial charge in [-0.2, -0.15) is 0 Å². The van der Waals surface area contributed by atoms with Crippen molar-refractivity contribution in [3.8, 4) is 0 Å². The highest BCUT2D eigenvalue weighted by atomic mass is 35.5. The molecule has 1 saturated carbocycles. The van der Waals surface area contributed by atoms with Crippen LogP contribution in [0, 0.1) is 5.92 Å². The Labute approximate surface area is 170 Å². The number of carbonyl (C=O) groups is 1. The van der Waals surface area contributed by atoms with E-state index >= 15 is 0 Å². The van der Waals surface area contributed by atoms with E-state index in [2.05, 4.69) is 5.32 Å². The van der Waals surface area contributed by atoms with Gasteiger partial charge in [0.05, 0.1) is 35.9 Å². The van der Waals surface area contributed by atoms with Gasteiger partial charge in [0.1, 0.15) is 0 Å². The first kappa shape index (κ1) is 19.7. The van der Waals surface area contributed by atoms with Crippen molar-refractivity contribution in [1.29, 1.82) is 0 Å². The van der Waals surface area contributed by atoms with E-state index in [-0.39, 0.29) is 25.7 Å². The van der Waals surface area contributed by atoms with Crippen LogP contribution in [-0.2, 0) is 11.3 Å². The fourth-order valence-corrected chi connectivity index (χ4v) is 4.74. The highest BCUT2D eigenvalue weighted by Crippen LogP contribution is 2.32. The number of aromatic nitrogens is 1. The van der Waals surface area contributed by atoms with E-state index in [0.717, 1.165) is 11.9 Å². The number of nitrogens with one attached hydrogen (secondary N) is 1. The van der Waals surface area contributed by atoms with E-state index in [0.29, 0.717) is 28.4 Å². The van der Waals surface area contributed by atoms with Gasteiger partial charge in [0.15, 0.2) is 5.67 Å². The summed E-state index contributed by atoms with van der Waals surface area (Å²) in [7, 11) is 0. The zero-order chi connectivity index (χ0) is 19.6. The van der Waals surface area contributed by atoms with Gasteiger partial charge in [-0.25, -0.2) is 4.39 Å². The smallest absolute Gasteiger partial charge is 0.253 e. The van der Waals surface area contributed by atoms with E-state index in [1.165, 1.54) is 38.5 Å². The quantitative estimate of drug-likeness (QED) is 0.676. The van der Waals surface area contributed by atoms with Crippen LogP contribution in [0.4, 0.5) is 4.39 Å². The molecule has 1 aromatic heterocycles. The Bertz CT molecular complexity index is 838. The van der Waals surface area contributed by atoms with Crippen molar-refractivity contribution < 1.29 is 13.9 Å². The molecule has 0 radical (unpaired) electrons. The Kier molecular flexibility index (Phi) is 5.93. The zero-order valence-electron chi connectivity index (χ0n) is 16.2.